The highest BCUT2D eigenvalue weighted by Gasteiger charge is 2.27. The molecule has 0 saturated carbocycles. The van der Waals surface area contributed by atoms with E-state index in [1.807, 2.05) is 36.8 Å². The minimum absolute atomic E-state index is 0.948. The van der Waals surface area contributed by atoms with E-state index in [4.69, 9.17) is 4.98 Å². The number of hydrogen-bond acceptors (Lipinski definition) is 5. The second-order valence-corrected chi connectivity index (χ2v) is 10.8. The van der Waals surface area contributed by atoms with Crippen molar-refractivity contribution in [2.45, 2.75) is 0 Å². The average Bonchev–Trinajstić information content (AvgIpc) is 3.42. The zero-order valence-electron chi connectivity index (χ0n) is 21.4. The van der Waals surface area contributed by atoms with Crippen molar-refractivity contribution in [1.82, 2.24) is 15.0 Å². The maximum absolute atomic E-state index is 4.98. The number of aromatic nitrogens is 3. The van der Waals surface area contributed by atoms with Crippen molar-refractivity contribution in [1.29, 1.82) is 0 Å². The first-order chi connectivity index (χ1) is 19.8. The zero-order valence-corrected chi connectivity index (χ0v) is 22.2. The van der Waals surface area contributed by atoms with Gasteiger partial charge in [0.15, 0.2) is 0 Å². The lowest BCUT2D eigenvalue weighted by Crippen LogP contribution is -2.11. The van der Waals surface area contributed by atoms with Crippen LogP contribution in [0.2, 0.25) is 0 Å². The Morgan fingerprint density at radius 1 is 0.575 bits per heavy atom. The highest BCUT2D eigenvalue weighted by atomic mass is 32.1. The van der Waals surface area contributed by atoms with Crippen molar-refractivity contribution >= 4 is 38.6 Å². The molecule has 5 heteroatoms. The smallest absolute Gasteiger partial charge is 0.124 e. The van der Waals surface area contributed by atoms with Crippen molar-refractivity contribution in [3.63, 3.8) is 0 Å². The lowest BCUT2D eigenvalue weighted by atomic mass is 9.96. The first-order valence-electron chi connectivity index (χ1n) is 13.2. The Kier molecular flexibility index (Phi) is 5.28. The molecular weight excluding hydrogens is 508 g/mol. The number of benzene rings is 4. The summed E-state index contributed by atoms with van der Waals surface area (Å²) in [6.07, 6.45) is 5.70. The van der Waals surface area contributed by atoms with Crippen LogP contribution in [0.1, 0.15) is 0 Å². The van der Waals surface area contributed by atoms with Crippen LogP contribution in [0.5, 0.6) is 0 Å². The second kappa shape index (κ2) is 9.26. The fraction of sp³-hybridized carbons (Fsp3) is 0. The fourth-order valence-electron chi connectivity index (χ4n) is 5.56. The van der Waals surface area contributed by atoms with Crippen LogP contribution < -0.4 is 4.90 Å². The molecule has 0 radical (unpaired) electrons. The van der Waals surface area contributed by atoms with Gasteiger partial charge in [0.2, 0.25) is 0 Å². The second-order valence-electron chi connectivity index (χ2n) is 9.76. The molecule has 40 heavy (non-hydrogen) atoms. The lowest BCUT2D eigenvalue weighted by Gasteiger charge is -2.28. The first-order valence-corrected chi connectivity index (χ1v) is 14.0. The van der Waals surface area contributed by atoms with Crippen molar-refractivity contribution in [3.8, 4) is 44.1 Å². The van der Waals surface area contributed by atoms with Gasteiger partial charge in [0.1, 0.15) is 5.01 Å². The molecule has 0 N–H and O–H groups in total. The molecule has 0 amide bonds. The van der Waals surface area contributed by atoms with E-state index >= 15 is 0 Å². The molecule has 0 fully saturated rings. The fourth-order valence-corrected chi connectivity index (χ4v) is 6.52. The molecule has 8 rings (SSSR count). The predicted molar refractivity (Wildman–Crippen MR) is 165 cm³/mol. The third-order valence-corrected chi connectivity index (χ3v) is 8.48. The van der Waals surface area contributed by atoms with Crippen molar-refractivity contribution < 1.29 is 0 Å². The van der Waals surface area contributed by atoms with Gasteiger partial charge in [-0.25, -0.2) is 4.98 Å². The van der Waals surface area contributed by atoms with Crippen molar-refractivity contribution in [2.24, 2.45) is 0 Å². The van der Waals surface area contributed by atoms with E-state index in [9.17, 15) is 0 Å². The van der Waals surface area contributed by atoms with Gasteiger partial charge in [-0.1, -0.05) is 60.7 Å². The van der Waals surface area contributed by atoms with Crippen LogP contribution in [0.4, 0.5) is 17.1 Å². The van der Waals surface area contributed by atoms with E-state index in [1.165, 1.54) is 4.70 Å². The number of fused-ring (bicyclic) bond motifs is 6. The largest absolute Gasteiger partial charge is 0.309 e. The maximum atomic E-state index is 4.98. The van der Waals surface area contributed by atoms with Crippen LogP contribution in [0.15, 0.2) is 134 Å². The summed E-state index contributed by atoms with van der Waals surface area (Å²) in [5.74, 6) is 0. The topological polar surface area (TPSA) is 41.9 Å². The van der Waals surface area contributed by atoms with Gasteiger partial charge < -0.3 is 4.90 Å². The monoisotopic (exact) mass is 530 g/mol. The quantitative estimate of drug-likeness (QED) is 0.228. The van der Waals surface area contributed by atoms with E-state index < -0.39 is 0 Å². The number of para-hydroxylation sites is 2. The Morgan fingerprint density at radius 3 is 2.38 bits per heavy atom. The SMILES string of the molecule is c1ccc(-c2cccc(N3c4ccccc4-c4cnccc4-c4ccc(-c5nc6ccccc6s5)cc43)c2)nc1. The molecule has 7 aromatic rings. The van der Waals surface area contributed by atoms with Crippen LogP contribution in [0, 0.1) is 0 Å². The maximum Gasteiger partial charge on any atom is 0.124 e. The van der Waals surface area contributed by atoms with Crippen molar-refractivity contribution in [3.05, 3.63) is 134 Å². The van der Waals surface area contributed by atoms with Crippen molar-refractivity contribution in [2.75, 3.05) is 4.90 Å². The minimum atomic E-state index is 0.948. The zero-order chi connectivity index (χ0) is 26.5. The van der Waals surface area contributed by atoms with E-state index in [0.717, 1.165) is 66.7 Å². The number of hydrogen-bond donors (Lipinski definition) is 0. The van der Waals surface area contributed by atoms with E-state index in [0.29, 0.717) is 0 Å². The summed E-state index contributed by atoms with van der Waals surface area (Å²) in [4.78, 5) is 16.5. The van der Waals surface area contributed by atoms with Gasteiger partial charge in [0.25, 0.3) is 0 Å². The number of rotatable bonds is 3. The molecule has 0 unspecified atom stereocenters. The number of nitrogens with zero attached hydrogens (tertiary/aromatic N) is 4. The van der Waals surface area contributed by atoms with Crippen LogP contribution in [0.25, 0.3) is 54.3 Å². The lowest BCUT2D eigenvalue weighted by molar-refractivity contribution is 1.28. The molecule has 4 aromatic carbocycles. The number of anilines is 3. The summed E-state index contributed by atoms with van der Waals surface area (Å²) in [5, 5.41) is 1.01. The average molecular weight is 531 g/mol. The summed E-state index contributed by atoms with van der Waals surface area (Å²) in [6, 6.07) is 40.4. The van der Waals surface area contributed by atoms with Gasteiger partial charge in [0.05, 0.1) is 27.3 Å². The van der Waals surface area contributed by atoms with Crippen LogP contribution in [-0.2, 0) is 0 Å². The van der Waals surface area contributed by atoms with Gasteiger partial charge in [0, 0.05) is 52.1 Å². The molecule has 0 aliphatic carbocycles. The third kappa shape index (κ3) is 3.71. The summed E-state index contributed by atoms with van der Waals surface area (Å²) < 4.78 is 1.19. The molecule has 0 bridgehead atoms. The molecular formula is C35H22N4S. The third-order valence-electron chi connectivity index (χ3n) is 7.39. The molecule has 0 spiro atoms. The number of pyridine rings is 2. The summed E-state index contributed by atoms with van der Waals surface area (Å²) in [6.45, 7) is 0. The molecule has 4 nitrogen and oxygen atoms in total. The summed E-state index contributed by atoms with van der Waals surface area (Å²) >= 11 is 1.73. The van der Waals surface area contributed by atoms with Gasteiger partial charge >= 0.3 is 0 Å². The van der Waals surface area contributed by atoms with Crippen LogP contribution in [-0.4, -0.2) is 15.0 Å². The predicted octanol–water partition coefficient (Wildman–Crippen LogP) is 9.54. The van der Waals surface area contributed by atoms with Gasteiger partial charge in [-0.2, -0.15) is 0 Å². The Hall–Kier alpha value is -5.13. The van der Waals surface area contributed by atoms with Gasteiger partial charge in [-0.15, -0.1) is 11.3 Å². The molecule has 1 aliphatic heterocycles. The molecule has 1 aliphatic rings. The standard InChI is InChI=1S/C35H22N4S/c1-3-13-32-27(10-1)29-22-36-19-17-26(29)28-16-15-24(35-38-31-12-2-4-14-34(31)40-35)21-33(28)39(32)25-9-7-8-23(20-25)30-11-5-6-18-37-30/h1-22H. The molecule has 0 saturated heterocycles. The minimum Gasteiger partial charge on any atom is -0.309 e. The first kappa shape index (κ1) is 22.8. The Labute approximate surface area is 235 Å². The van der Waals surface area contributed by atoms with Gasteiger partial charge in [-0.05, 0) is 60.2 Å². The van der Waals surface area contributed by atoms with Crippen LogP contribution >= 0.6 is 11.3 Å². The Balaban J connectivity index is 1.40. The van der Waals surface area contributed by atoms with E-state index in [-0.39, 0.29) is 0 Å². The molecule has 188 valence electrons. The Morgan fingerprint density at radius 2 is 1.45 bits per heavy atom. The summed E-state index contributed by atoms with van der Waals surface area (Å²) in [7, 11) is 0. The van der Waals surface area contributed by atoms with Crippen LogP contribution in [0.3, 0.4) is 0 Å². The highest BCUT2D eigenvalue weighted by molar-refractivity contribution is 7.21. The number of thiazole rings is 1. The molecule has 4 heterocycles. The normalized spacial score (nSPS) is 11.9. The molecule has 0 atom stereocenters. The molecule has 3 aromatic heterocycles. The van der Waals surface area contributed by atoms with Gasteiger partial charge in [-0.3, -0.25) is 9.97 Å². The van der Waals surface area contributed by atoms with E-state index in [1.54, 1.807) is 11.3 Å². The Bertz CT molecular complexity index is 2000. The summed E-state index contributed by atoms with van der Waals surface area (Å²) in [5.41, 5.74) is 12.0. The van der Waals surface area contributed by atoms with E-state index in [2.05, 4.69) is 112 Å². The highest BCUT2D eigenvalue weighted by Crippen LogP contribution is 2.51.